The molecular weight excluding hydrogens is 532 g/mol. The Morgan fingerprint density at radius 2 is 1.59 bits per heavy atom. The minimum atomic E-state index is -4.65. The van der Waals surface area contributed by atoms with Gasteiger partial charge in [-0.05, 0) is 36.4 Å². The number of para-hydroxylation sites is 1. The quantitative estimate of drug-likeness (QED) is 0.200. The van der Waals surface area contributed by atoms with E-state index in [1.807, 2.05) is 0 Å². The second kappa shape index (κ2) is 12.6. The smallest absolute Gasteiger partial charge is 0.289 e. The highest BCUT2D eigenvalue weighted by molar-refractivity contribution is 7.93. The molecule has 1 amide bonds. The summed E-state index contributed by atoms with van der Waals surface area (Å²) >= 11 is 0. The first-order chi connectivity index (χ1) is 18.7. The number of amides is 1. The molecule has 0 heterocycles. The van der Waals surface area contributed by atoms with E-state index >= 15 is 0 Å². The molecule has 0 fully saturated rings. The first-order valence-corrected chi connectivity index (χ1v) is 12.6. The molecule has 206 valence electrons. The zero-order valence-electron chi connectivity index (χ0n) is 21.5. The fraction of sp³-hybridized carbons (Fsp3) is 0.200. The number of hydrogen-bond acceptors (Lipinski definition) is 10. The summed E-state index contributed by atoms with van der Waals surface area (Å²) in [7, 11) is 1.02. The van der Waals surface area contributed by atoms with Crippen LogP contribution < -0.4 is 28.7 Å². The van der Waals surface area contributed by atoms with Crippen LogP contribution in [0.1, 0.15) is 5.56 Å². The summed E-state index contributed by atoms with van der Waals surface area (Å²) in [5.41, 5.74) is 2.05. The van der Waals surface area contributed by atoms with Crippen LogP contribution in [0.15, 0.2) is 70.7 Å². The Balaban J connectivity index is 2.00. The number of nitro groups is 1. The number of methoxy groups -OCH3 is 4. The summed E-state index contributed by atoms with van der Waals surface area (Å²) in [6.07, 6.45) is 1.30. The molecule has 0 aromatic heterocycles. The Hall–Kier alpha value is -4.85. The van der Waals surface area contributed by atoms with Gasteiger partial charge >= 0.3 is 0 Å². The van der Waals surface area contributed by atoms with Crippen molar-refractivity contribution in [2.45, 2.75) is 4.90 Å². The molecule has 0 aliphatic heterocycles. The molecule has 14 heteroatoms. The number of ether oxygens (including phenoxy) is 4. The van der Waals surface area contributed by atoms with Gasteiger partial charge < -0.3 is 18.9 Å². The molecule has 0 spiro atoms. The largest absolute Gasteiger partial charge is 0.497 e. The number of hydrazone groups is 1. The third-order valence-corrected chi connectivity index (χ3v) is 7.21. The molecule has 1 N–H and O–H groups in total. The number of sulfonamides is 1. The number of hydrogen-bond donors (Lipinski definition) is 1. The van der Waals surface area contributed by atoms with E-state index in [-0.39, 0.29) is 11.4 Å². The Bertz CT molecular complexity index is 1490. The van der Waals surface area contributed by atoms with Gasteiger partial charge in [-0.15, -0.1) is 0 Å². The highest BCUT2D eigenvalue weighted by Gasteiger charge is 2.34. The summed E-state index contributed by atoms with van der Waals surface area (Å²) in [6, 6.07) is 14.0. The molecule has 0 saturated carbocycles. The second-order valence-electron chi connectivity index (χ2n) is 7.68. The van der Waals surface area contributed by atoms with Crippen molar-refractivity contribution in [1.82, 2.24) is 5.43 Å². The standard InChI is InChI=1S/C25H26N4O9S/c1-35-18-10-12-22(37-3)17(13-18)15-26-27-25(30)16-28(20-11-9-19(36-2)14-23(20)38-4)39(33,34)24-8-6-5-7-21(24)29(31)32/h5-15H,16H2,1-4H3,(H,27,30)/b26-15+. The second-order valence-corrected chi connectivity index (χ2v) is 9.51. The van der Waals surface area contributed by atoms with Gasteiger partial charge in [0, 0.05) is 17.7 Å². The predicted octanol–water partition coefficient (Wildman–Crippen LogP) is 2.97. The molecule has 13 nitrogen and oxygen atoms in total. The lowest BCUT2D eigenvalue weighted by atomic mass is 10.2. The highest BCUT2D eigenvalue weighted by atomic mass is 32.2. The molecule has 39 heavy (non-hydrogen) atoms. The summed E-state index contributed by atoms with van der Waals surface area (Å²) in [4.78, 5) is 23.1. The Morgan fingerprint density at radius 3 is 2.23 bits per heavy atom. The fourth-order valence-electron chi connectivity index (χ4n) is 3.52. The number of nitro benzene ring substituents is 1. The monoisotopic (exact) mass is 558 g/mol. The Morgan fingerprint density at radius 1 is 0.949 bits per heavy atom. The summed E-state index contributed by atoms with van der Waals surface area (Å²) < 4.78 is 49.2. The number of carbonyl (C=O) groups excluding carboxylic acids is 1. The van der Waals surface area contributed by atoms with E-state index in [1.165, 1.54) is 65.0 Å². The van der Waals surface area contributed by atoms with E-state index in [9.17, 15) is 23.3 Å². The zero-order valence-corrected chi connectivity index (χ0v) is 22.3. The van der Waals surface area contributed by atoms with Gasteiger partial charge in [0.15, 0.2) is 4.90 Å². The SMILES string of the molecule is COc1ccc(OC)c(/C=N/NC(=O)CN(c2ccc(OC)cc2OC)S(=O)(=O)c2ccccc2[N+](=O)[O-])c1. The molecule has 0 radical (unpaired) electrons. The van der Waals surface area contributed by atoms with Gasteiger partial charge in [0.05, 0.1) is 45.3 Å². The lowest BCUT2D eigenvalue weighted by molar-refractivity contribution is -0.387. The van der Waals surface area contributed by atoms with Crippen LogP contribution in [0.5, 0.6) is 23.0 Å². The van der Waals surface area contributed by atoms with Crippen LogP contribution in [-0.2, 0) is 14.8 Å². The van der Waals surface area contributed by atoms with Crippen molar-refractivity contribution in [1.29, 1.82) is 0 Å². The van der Waals surface area contributed by atoms with Gasteiger partial charge in [0.25, 0.3) is 21.6 Å². The maximum Gasteiger partial charge on any atom is 0.289 e. The first-order valence-electron chi connectivity index (χ1n) is 11.2. The lowest BCUT2D eigenvalue weighted by Crippen LogP contribution is -2.40. The molecule has 3 aromatic carbocycles. The average Bonchev–Trinajstić information content (AvgIpc) is 2.95. The van der Waals surface area contributed by atoms with Crippen molar-refractivity contribution in [2.24, 2.45) is 5.10 Å². The number of nitrogens with zero attached hydrogens (tertiary/aromatic N) is 3. The van der Waals surface area contributed by atoms with Crippen LogP contribution >= 0.6 is 0 Å². The predicted molar refractivity (Wildman–Crippen MR) is 142 cm³/mol. The highest BCUT2D eigenvalue weighted by Crippen LogP contribution is 2.37. The van der Waals surface area contributed by atoms with Gasteiger partial charge in [-0.3, -0.25) is 19.2 Å². The van der Waals surface area contributed by atoms with Crippen LogP contribution in [-0.4, -0.2) is 60.4 Å². The van der Waals surface area contributed by atoms with Crippen molar-refractivity contribution >= 4 is 33.5 Å². The number of anilines is 1. The molecule has 3 aromatic rings. The Labute approximate surface area is 224 Å². The van der Waals surface area contributed by atoms with Crippen LogP contribution in [0, 0.1) is 10.1 Å². The number of benzene rings is 3. The third-order valence-electron chi connectivity index (χ3n) is 5.40. The molecule has 0 bridgehead atoms. The van der Waals surface area contributed by atoms with E-state index in [0.29, 0.717) is 27.1 Å². The zero-order chi connectivity index (χ0) is 28.6. The van der Waals surface area contributed by atoms with Crippen LogP contribution in [0.25, 0.3) is 0 Å². The van der Waals surface area contributed by atoms with E-state index in [2.05, 4.69) is 10.5 Å². The summed E-state index contributed by atoms with van der Waals surface area (Å²) in [6.45, 7) is -0.788. The van der Waals surface area contributed by atoms with Crippen molar-refractivity contribution in [3.05, 3.63) is 76.3 Å². The molecule has 0 saturated heterocycles. The van der Waals surface area contributed by atoms with Crippen LogP contribution in [0.2, 0.25) is 0 Å². The fourth-order valence-corrected chi connectivity index (χ4v) is 5.11. The first kappa shape index (κ1) is 28.7. The van der Waals surface area contributed by atoms with Gasteiger partial charge in [0.2, 0.25) is 0 Å². The number of nitrogens with one attached hydrogen (secondary N) is 1. The topological polar surface area (TPSA) is 159 Å². The van der Waals surface area contributed by atoms with Crippen molar-refractivity contribution in [2.75, 3.05) is 39.3 Å². The minimum Gasteiger partial charge on any atom is -0.497 e. The molecule has 3 rings (SSSR count). The molecule has 0 unspecified atom stereocenters. The van der Waals surface area contributed by atoms with Crippen LogP contribution in [0.4, 0.5) is 11.4 Å². The maximum atomic E-state index is 13.8. The molecule has 0 aliphatic carbocycles. The van der Waals surface area contributed by atoms with Crippen molar-refractivity contribution < 1.29 is 37.1 Å². The van der Waals surface area contributed by atoms with Crippen LogP contribution in [0.3, 0.4) is 0 Å². The van der Waals surface area contributed by atoms with Gasteiger partial charge in [-0.2, -0.15) is 5.10 Å². The third kappa shape index (κ3) is 6.54. The summed E-state index contributed by atoms with van der Waals surface area (Å²) in [5, 5.41) is 15.5. The van der Waals surface area contributed by atoms with E-state index < -0.39 is 38.0 Å². The normalized spacial score (nSPS) is 11.1. The molecule has 0 aliphatic rings. The van der Waals surface area contributed by atoms with Gasteiger partial charge in [-0.25, -0.2) is 13.8 Å². The van der Waals surface area contributed by atoms with E-state index in [0.717, 1.165) is 12.1 Å². The van der Waals surface area contributed by atoms with Crippen molar-refractivity contribution in [3.8, 4) is 23.0 Å². The number of rotatable bonds is 12. The minimum absolute atomic E-state index is 0.0499. The van der Waals surface area contributed by atoms with Crippen molar-refractivity contribution in [3.63, 3.8) is 0 Å². The molecule has 0 atom stereocenters. The lowest BCUT2D eigenvalue weighted by Gasteiger charge is -2.25. The Kier molecular flexibility index (Phi) is 9.28. The average molecular weight is 559 g/mol. The van der Waals surface area contributed by atoms with E-state index in [4.69, 9.17) is 18.9 Å². The summed E-state index contributed by atoms with van der Waals surface area (Å²) in [5.74, 6) is 0.552. The van der Waals surface area contributed by atoms with E-state index in [1.54, 1.807) is 18.2 Å². The maximum absolute atomic E-state index is 13.8. The molecular formula is C25H26N4O9S. The van der Waals surface area contributed by atoms with Gasteiger partial charge in [-0.1, -0.05) is 12.1 Å². The number of carbonyl (C=O) groups is 1. The van der Waals surface area contributed by atoms with Gasteiger partial charge in [0.1, 0.15) is 29.5 Å².